The molecule has 3 aromatic heterocycles. The Kier molecular flexibility index (Phi) is 3.79. The molecular weight excluding hydrogens is 318 g/mol. The molecule has 1 saturated heterocycles. The zero-order valence-corrected chi connectivity index (χ0v) is 14.3. The average molecular weight is 337 g/mol. The second kappa shape index (κ2) is 6.12. The van der Waals surface area contributed by atoms with Crippen LogP contribution in [0.2, 0.25) is 0 Å². The summed E-state index contributed by atoms with van der Waals surface area (Å²) in [6.45, 7) is 6.59. The number of rotatable bonds is 2. The smallest absolute Gasteiger partial charge is 0.272 e. The number of aryl methyl sites for hydroxylation is 2. The summed E-state index contributed by atoms with van der Waals surface area (Å²) in [6, 6.07) is 7.53. The van der Waals surface area contributed by atoms with Crippen LogP contribution in [-0.2, 0) is 0 Å². The van der Waals surface area contributed by atoms with Gasteiger partial charge in [-0.05, 0) is 26.0 Å². The highest BCUT2D eigenvalue weighted by Gasteiger charge is 2.24. The van der Waals surface area contributed by atoms with E-state index in [9.17, 15) is 4.79 Å². The highest BCUT2D eigenvalue weighted by molar-refractivity contribution is 5.92. The summed E-state index contributed by atoms with van der Waals surface area (Å²) in [5.74, 6) is 1.54. The van der Waals surface area contributed by atoms with Crippen molar-refractivity contribution in [2.45, 2.75) is 13.8 Å². The number of carbonyl (C=O) groups is 1. The Balaban J connectivity index is 1.51. The minimum atomic E-state index is -0.0137. The second-order valence-electron chi connectivity index (χ2n) is 6.17. The van der Waals surface area contributed by atoms with E-state index in [2.05, 4.69) is 25.0 Å². The maximum atomic E-state index is 12.6. The van der Waals surface area contributed by atoms with Crippen molar-refractivity contribution in [2.24, 2.45) is 0 Å². The van der Waals surface area contributed by atoms with Gasteiger partial charge in [0.15, 0.2) is 0 Å². The topological polar surface area (TPSA) is 79.5 Å². The molecule has 0 unspecified atom stereocenters. The Morgan fingerprint density at radius 3 is 2.60 bits per heavy atom. The number of fused-ring (bicyclic) bond motifs is 1. The van der Waals surface area contributed by atoms with Gasteiger partial charge in [0.1, 0.15) is 17.8 Å². The van der Waals surface area contributed by atoms with E-state index in [0.717, 1.165) is 30.3 Å². The number of nitrogens with zero attached hydrogens (tertiary/aromatic N) is 7. The van der Waals surface area contributed by atoms with Crippen molar-refractivity contribution in [3.8, 4) is 0 Å². The number of anilines is 1. The molecule has 8 heteroatoms. The first-order valence-corrected chi connectivity index (χ1v) is 8.27. The van der Waals surface area contributed by atoms with Crippen molar-refractivity contribution in [3.63, 3.8) is 0 Å². The van der Waals surface area contributed by atoms with Crippen LogP contribution >= 0.6 is 0 Å². The van der Waals surface area contributed by atoms with Crippen LogP contribution in [0.5, 0.6) is 0 Å². The second-order valence-corrected chi connectivity index (χ2v) is 6.17. The summed E-state index contributed by atoms with van der Waals surface area (Å²) < 4.78 is 1.74. The first-order valence-electron chi connectivity index (χ1n) is 8.27. The molecule has 8 nitrogen and oxygen atoms in total. The number of hydrogen-bond donors (Lipinski definition) is 0. The molecule has 25 heavy (non-hydrogen) atoms. The molecule has 128 valence electrons. The molecular formula is C17H19N7O. The third-order valence-corrected chi connectivity index (χ3v) is 4.36. The number of hydrogen-bond acceptors (Lipinski definition) is 6. The van der Waals surface area contributed by atoms with Gasteiger partial charge in [-0.15, -0.1) is 0 Å². The predicted octanol–water partition coefficient (Wildman–Crippen LogP) is 1.10. The lowest BCUT2D eigenvalue weighted by Crippen LogP contribution is -2.49. The maximum Gasteiger partial charge on any atom is 0.272 e. The van der Waals surface area contributed by atoms with E-state index in [1.165, 1.54) is 6.33 Å². The molecule has 0 N–H and O–H groups in total. The number of amides is 1. The molecule has 1 amide bonds. The molecule has 0 bridgehead atoms. The normalized spacial score (nSPS) is 15.0. The van der Waals surface area contributed by atoms with Crippen LogP contribution in [0.1, 0.15) is 21.9 Å². The van der Waals surface area contributed by atoms with Gasteiger partial charge in [0.25, 0.3) is 11.7 Å². The molecule has 4 rings (SSSR count). The first-order chi connectivity index (χ1) is 12.1. The van der Waals surface area contributed by atoms with Crippen LogP contribution in [0.25, 0.3) is 5.78 Å². The minimum absolute atomic E-state index is 0.0137. The molecule has 1 aliphatic heterocycles. The van der Waals surface area contributed by atoms with E-state index in [1.807, 2.05) is 36.9 Å². The summed E-state index contributed by atoms with van der Waals surface area (Å²) >= 11 is 0. The quantitative estimate of drug-likeness (QED) is 0.697. The van der Waals surface area contributed by atoms with E-state index in [4.69, 9.17) is 0 Å². The Labute approximate surface area is 145 Å². The van der Waals surface area contributed by atoms with Crippen LogP contribution in [0.4, 0.5) is 5.82 Å². The number of aromatic nitrogens is 5. The van der Waals surface area contributed by atoms with Crippen LogP contribution in [0.15, 0.2) is 30.6 Å². The van der Waals surface area contributed by atoms with Gasteiger partial charge < -0.3 is 9.80 Å². The van der Waals surface area contributed by atoms with Gasteiger partial charge in [-0.1, -0.05) is 6.07 Å². The van der Waals surface area contributed by atoms with E-state index >= 15 is 0 Å². The van der Waals surface area contributed by atoms with Crippen LogP contribution in [0.3, 0.4) is 0 Å². The molecule has 0 aliphatic carbocycles. The van der Waals surface area contributed by atoms with Gasteiger partial charge in [0, 0.05) is 43.6 Å². The van der Waals surface area contributed by atoms with Crippen molar-refractivity contribution in [3.05, 3.63) is 47.7 Å². The molecule has 3 aromatic rings. The van der Waals surface area contributed by atoms with E-state index in [-0.39, 0.29) is 5.91 Å². The Bertz CT molecular complexity index is 928. The Hall–Kier alpha value is -3.03. The SMILES string of the molecule is Cc1cccc(C(=O)N2CCN(c3cc(C)nc4ncnn34)CC2)n1. The zero-order chi connectivity index (χ0) is 17.4. The van der Waals surface area contributed by atoms with Crippen LogP contribution < -0.4 is 4.90 Å². The molecule has 1 aliphatic rings. The lowest BCUT2D eigenvalue weighted by Gasteiger charge is -2.35. The number of pyridine rings is 1. The van der Waals surface area contributed by atoms with Gasteiger partial charge in [-0.25, -0.2) is 9.97 Å². The summed E-state index contributed by atoms with van der Waals surface area (Å²) in [5, 5.41) is 4.26. The minimum Gasteiger partial charge on any atom is -0.353 e. The highest BCUT2D eigenvalue weighted by atomic mass is 16.2. The van der Waals surface area contributed by atoms with E-state index < -0.39 is 0 Å². The zero-order valence-electron chi connectivity index (χ0n) is 14.3. The molecule has 0 radical (unpaired) electrons. The first kappa shape index (κ1) is 15.5. The van der Waals surface area contributed by atoms with Crippen molar-refractivity contribution in [2.75, 3.05) is 31.1 Å². The Morgan fingerprint density at radius 2 is 1.84 bits per heavy atom. The van der Waals surface area contributed by atoms with Gasteiger partial charge in [-0.2, -0.15) is 14.6 Å². The monoisotopic (exact) mass is 337 g/mol. The van der Waals surface area contributed by atoms with E-state index in [0.29, 0.717) is 24.6 Å². The largest absolute Gasteiger partial charge is 0.353 e. The molecule has 0 atom stereocenters. The van der Waals surface area contributed by atoms with E-state index in [1.54, 1.807) is 10.6 Å². The Morgan fingerprint density at radius 1 is 1.04 bits per heavy atom. The molecule has 0 aromatic carbocycles. The fourth-order valence-corrected chi connectivity index (χ4v) is 3.10. The summed E-state index contributed by atoms with van der Waals surface area (Å²) in [4.78, 5) is 29.6. The lowest BCUT2D eigenvalue weighted by molar-refractivity contribution is 0.0740. The van der Waals surface area contributed by atoms with Gasteiger partial charge in [0.2, 0.25) is 0 Å². The van der Waals surface area contributed by atoms with Crippen molar-refractivity contribution in [1.82, 2.24) is 29.5 Å². The average Bonchev–Trinajstić information content (AvgIpc) is 3.09. The predicted molar refractivity (Wildman–Crippen MR) is 92.6 cm³/mol. The number of carbonyl (C=O) groups excluding carboxylic acids is 1. The van der Waals surface area contributed by atoms with Crippen LogP contribution in [-0.4, -0.2) is 61.6 Å². The fraction of sp³-hybridized carbons (Fsp3) is 0.353. The molecule has 1 fully saturated rings. The summed E-state index contributed by atoms with van der Waals surface area (Å²) in [5.41, 5.74) is 2.26. The van der Waals surface area contributed by atoms with Crippen molar-refractivity contribution >= 4 is 17.5 Å². The lowest BCUT2D eigenvalue weighted by atomic mass is 10.2. The van der Waals surface area contributed by atoms with Gasteiger partial charge in [0.05, 0.1) is 0 Å². The van der Waals surface area contributed by atoms with Gasteiger partial charge >= 0.3 is 0 Å². The summed E-state index contributed by atoms with van der Waals surface area (Å²) in [7, 11) is 0. The third-order valence-electron chi connectivity index (χ3n) is 4.36. The summed E-state index contributed by atoms with van der Waals surface area (Å²) in [6.07, 6.45) is 1.51. The molecule has 0 saturated carbocycles. The van der Waals surface area contributed by atoms with Gasteiger partial charge in [-0.3, -0.25) is 4.79 Å². The van der Waals surface area contributed by atoms with Crippen molar-refractivity contribution < 1.29 is 4.79 Å². The van der Waals surface area contributed by atoms with Crippen LogP contribution in [0, 0.1) is 13.8 Å². The third kappa shape index (κ3) is 2.90. The maximum absolute atomic E-state index is 12.6. The fourth-order valence-electron chi connectivity index (χ4n) is 3.10. The standard InChI is InChI=1S/C17H19N7O/c1-12-4-3-5-14(20-12)16(25)23-8-6-22(7-9-23)15-10-13(2)21-17-18-11-19-24(15)17/h3-5,10-11H,6-9H2,1-2H3. The number of piperazine rings is 1. The molecule has 4 heterocycles. The highest BCUT2D eigenvalue weighted by Crippen LogP contribution is 2.18. The van der Waals surface area contributed by atoms with Crippen molar-refractivity contribution in [1.29, 1.82) is 0 Å². The molecule has 0 spiro atoms.